The van der Waals surface area contributed by atoms with Gasteiger partial charge >= 0.3 is 0 Å². The molecule has 2 N–H and O–H groups in total. The lowest BCUT2D eigenvalue weighted by molar-refractivity contribution is -0.384. The van der Waals surface area contributed by atoms with Crippen LogP contribution in [-0.4, -0.2) is 32.2 Å². The summed E-state index contributed by atoms with van der Waals surface area (Å²) in [5.41, 5.74) is 1.84. The Morgan fingerprint density at radius 2 is 1.89 bits per heavy atom. The molecule has 0 unspecified atom stereocenters. The fourth-order valence-electron chi connectivity index (χ4n) is 3.33. The fourth-order valence-corrected chi connectivity index (χ4v) is 3.33. The second kappa shape index (κ2) is 7.77. The lowest BCUT2D eigenvalue weighted by Crippen LogP contribution is -2.34. The first-order valence-corrected chi connectivity index (χ1v) is 9.21. The zero-order valence-electron chi connectivity index (χ0n) is 15.1. The second-order valence-electron chi connectivity index (χ2n) is 6.84. The molecule has 0 radical (unpaired) electrons. The number of aromatic nitrogens is 2. The van der Waals surface area contributed by atoms with E-state index in [0.717, 1.165) is 31.4 Å². The van der Waals surface area contributed by atoms with Crippen molar-refractivity contribution in [2.45, 2.75) is 37.9 Å². The van der Waals surface area contributed by atoms with Crippen LogP contribution in [0.25, 0.3) is 11.0 Å². The summed E-state index contributed by atoms with van der Waals surface area (Å²) in [7, 11) is 0. The van der Waals surface area contributed by atoms with Crippen LogP contribution in [0.4, 0.5) is 17.2 Å². The molecule has 28 heavy (non-hydrogen) atoms. The molecule has 1 aliphatic carbocycles. The van der Waals surface area contributed by atoms with Gasteiger partial charge in [0.25, 0.3) is 5.69 Å². The molecule has 4 rings (SSSR count). The molecule has 0 aliphatic heterocycles. The maximum atomic E-state index is 10.8. The zero-order chi connectivity index (χ0) is 19.5. The predicted molar refractivity (Wildman–Crippen MR) is 105 cm³/mol. The van der Waals surface area contributed by atoms with Crippen molar-refractivity contribution in [1.82, 2.24) is 9.97 Å². The summed E-state index contributed by atoms with van der Waals surface area (Å²) in [5.74, 6) is 1.26. The monoisotopic (exact) mass is 380 g/mol. The van der Waals surface area contributed by atoms with E-state index < -0.39 is 11.0 Å². The molecule has 0 bridgehead atoms. The van der Waals surface area contributed by atoms with Crippen molar-refractivity contribution in [3.63, 3.8) is 0 Å². The third-order valence-electron chi connectivity index (χ3n) is 4.82. The maximum Gasteiger partial charge on any atom is 0.271 e. The van der Waals surface area contributed by atoms with E-state index >= 15 is 0 Å². The largest absolute Gasteiger partial charge is 0.488 e. The van der Waals surface area contributed by atoms with E-state index in [0.29, 0.717) is 22.6 Å². The number of aliphatic hydroxyl groups excluding tert-OH is 1. The Labute approximate surface area is 161 Å². The summed E-state index contributed by atoms with van der Waals surface area (Å²) >= 11 is 0. The molecule has 1 fully saturated rings. The normalized spacial score (nSPS) is 19.3. The molecule has 1 aromatic heterocycles. The number of aliphatic hydroxyl groups is 1. The van der Waals surface area contributed by atoms with Gasteiger partial charge in [0.1, 0.15) is 17.7 Å². The first-order valence-electron chi connectivity index (χ1n) is 9.21. The first kappa shape index (κ1) is 18.1. The summed E-state index contributed by atoms with van der Waals surface area (Å²) in [5, 5.41) is 24.0. The molecule has 0 saturated heterocycles. The number of benzene rings is 2. The number of hydrogen-bond donors (Lipinski definition) is 2. The number of non-ortho nitro benzene ring substituents is 1. The van der Waals surface area contributed by atoms with E-state index in [-0.39, 0.29) is 11.8 Å². The number of rotatable bonds is 5. The van der Waals surface area contributed by atoms with E-state index in [9.17, 15) is 15.2 Å². The van der Waals surface area contributed by atoms with E-state index in [2.05, 4.69) is 15.3 Å². The minimum Gasteiger partial charge on any atom is -0.488 e. The molecule has 2 aromatic carbocycles. The van der Waals surface area contributed by atoms with Gasteiger partial charge in [0.05, 0.1) is 28.3 Å². The summed E-state index contributed by atoms with van der Waals surface area (Å²) in [6, 6.07) is 11.8. The Balaban J connectivity index is 1.45. The number of ether oxygens (including phenoxy) is 1. The molecule has 1 saturated carbocycles. The van der Waals surface area contributed by atoms with Crippen molar-refractivity contribution in [3.8, 4) is 5.75 Å². The third kappa shape index (κ3) is 4.01. The van der Waals surface area contributed by atoms with Gasteiger partial charge in [-0.05, 0) is 49.6 Å². The number of fused-ring (bicyclic) bond motifs is 1. The molecule has 144 valence electrons. The SMILES string of the molecule is O=[N+]([O-])c1ccc2nc(Nc3ccc(O[C@@H]4CCCC[C@H]4O)cc3)cnc2c1. The van der Waals surface area contributed by atoms with Gasteiger partial charge < -0.3 is 15.2 Å². The lowest BCUT2D eigenvalue weighted by atomic mass is 9.95. The van der Waals surface area contributed by atoms with Crippen molar-refractivity contribution < 1.29 is 14.8 Å². The molecule has 2 atom stereocenters. The lowest BCUT2D eigenvalue weighted by Gasteiger charge is -2.28. The second-order valence-corrected chi connectivity index (χ2v) is 6.84. The highest BCUT2D eigenvalue weighted by molar-refractivity contribution is 5.78. The topological polar surface area (TPSA) is 110 Å². The van der Waals surface area contributed by atoms with Gasteiger partial charge in [0.15, 0.2) is 0 Å². The van der Waals surface area contributed by atoms with Gasteiger partial charge in [0, 0.05) is 17.8 Å². The van der Waals surface area contributed by atoms with E-state index in [1.807, 2.05) is 24.3 Å². The summed E-state index contributed by atoms with van der Waals surface area (Å²) in [6.07, 6.45) is 4.75. The molecule has 1 aliphatic rings. The quantitative estimate of drug-likeness (QED) is 0.509. The van der Waals surface area contributed by atoms with Crippen molar-refractivity contribution in [2.75, 3.05) is 5.32 Å². The molecule has 0 spiro atoms. The predicted octanol–water partition coefficient (Wildman–Crippen LogP) is 3.96. The number of nitro benzene ring substituents is 1. The molecular formula is C20H20N4O4. The van der Waals surface area contributed by atoms with Gasteiger partial charge in [0.2, 0.25) is 0 Å². The number of nitro groups is 1. The summed E-state index contributed by atoms with van der Waals surface area (Å²) in [4.78, 5) is 19.1. The van der Waals surface area contributed by atoms with Gasteiger partial charge in [-0.25, -0.2) is 4.98 Å². The fraction of sp³-hybridized carbons (Fsp3) is 0.300. The number of nitrogens with one attached hydrogen (secondary N) is 1. The smallest absolute Gasteiger partial charge is 0.271 e. The van der Waals surface area contributed by atoms with Gasteiger partial charge in [-0.15, -0.1) is 0 Å². The number of nitrogens with zero attached hydrogens (tertiary/aromatic N) is 3. The highest BCUT2D eigenvalue weighted by Crippen LogP contribution is 2.26. The van der Waals surface area contributed by atoms with Crippen molar-refractivity contribution in [1.29, 1.82) is 0 Å². The Hall–Kier alpha value is -3.26. The van der Waals surface area contributed by atoms with Crippen molar-refractivity contribution >= 4 is 28.2 Å². The third-order valence-corrected chi connectivity index (χ3v) is 4.82. The Morgan fingerprint density at radius 3 is 2.64 bits per heavy atom. The van der Waals surface area contributed by atoms with E-state index in [1.54, 1.807) is 6.07 Å². The minimum absolute atomic E-state index is 0.0128. The van der Waals surface area contributed by atoms with E-state index in [4.69, 9.17) is 4.74 Å². The standard InChI is InChI=1S/C20H20N4O4/c25-18-3-1-2-4-19(18)28-15-8-5-13(6-9-15)22-20-12-21-17-11-14(24(26)27)7-10-16(17)23-20/h5-12,18-19,25H,1-4H2,(H,22,23)/t18-,19-/m1/s1. The van der Waals surface area contributed by atoms with Crippen LogP contribution < -0.4 is 10.1 Å². The minimum atomic E-state index is -0.455. The van der Waals surface area contributed by atoms with Gasteiger partial charge in [-0.1, -0.05) is 6.42 Å². The van der Waals surface area contributed by atoms with Crippen LogP contribution in [0.2, 0.25) is 0 Å². The van der Waals surface area contributed by atoms with Crippen LogP contribution in [-0.2, 0) is 0 Å². The van der Waals surface area contributed by atoms with Crippen LogP contribution in [0, 0.1) is 10.1 Å². The summed E-state index contributed by atoms with van der Waals surface area (Å²) in [6.45, 7) is 0. The number of hydrogen-bond acceptors (Lipinski definition) is 7. The van der Waals surface area contributed by atoms with Gasteiger partial charge in [-0.3, -0.25) is 15.1 Å². The van der Waals surface area contributed by atoms with E-state index in [1.165, 1.54) is 18.3 Å². The highest BCUT2D eigenvalue weighted by Gasteiger charge is 2.24. The highest BCUT2D eigenvalue weighted by atomic mass is 16.6. The number of anilines is 2. The Morgan fingerprint density at radius 1 is 1.11 bits per heavy atom. The Bertz CT molecular complexity index is 993. The molecule has 1 heterocycles. The first-order chi connectivity index (χ1) is 13.6. The van der Waals surface area contributed by atoms with Crippen LogP contribution in [0.15, 0.2) is 48.7 Å². The molecule has 3 aromatic rings. The average molecular weight is 380 g/mol. The van der Waals surface area contributed by atoms with Crippen molar-refractivity contribution in [3.05, 3.63) is 58.8 Å². The maximum absolute atomic E-state index is 10.8. The zero-order valence-corrected chi connectivity index (χ0v) is 15.1. The summed E-state index contributed by atoms with van der Waals surface area (Å²) < 4.78 is 5.90. The Kier molecular flexibility index (Phi) is 5.03. The molecular weight excluding hydrogens is 360 g/mol. The molecule has 8 nitrogen and oxygen atoms in total. The van der Waals surface area contributed by atoms with Crippen LogP contribution in [0.3, 0.4) is 0 Å². The van der Waals surface area contributed by atoms with Crippen molar-refractivity contribution in [2.24, 2.45) is 0 Å². The van der Waals surface area contributed by atoms with Crippen LogP contribution in [0.1, 0.15) is 25.7 Å². The van der Waals surface area contributed by atoms with Crippen LogP contribution >= 0.6 is 0 Å². The van der Waals surface area contributed by atoms with Crippen LogP contribution in [0.5, 0.6) is 5.75 Å². The van der Waals surface area contributed by atoms with Gasteiger partial charge in [-0.2, -0.15) is 0 Å². The molecule has 0 amide bonds. The average Bonchev–Trinajstić information content (AvgIpc) is 2.70. The molecule has 8 heteroatoms.